The molecule has 3 nitrogen and oxygen atoms in total. The minimum Gasteiger partial charge on any atom is -0.348 e. The van der Waals surface area contributed by atoms with Gasteiger partial charge >= 0.3 is 0 Å². The minimum atomic E-state index is -0.464. The Labute approximate surface area is 94.0 Å². The number of carbonyl (C=O) groups excluding carboxylic acids is 1. The second-order valence-corrected chi connectivity index (χ2v) is 4.15. The van der Waals surface area contributed by atoms with E-state index < -0.39 is 5.82 Å². The highest BCUT2D eigenvalue weighted by molar-refractivity contribution is 5.94. The molecule has 0 aromatic heterocycles. The van der Waals surface area contributed by atoms with Crippen molar-refractivity contribution in [2.45, 2.75) is 19.4 Å². The van der Waals surface area contributed by atoms with Crippen LogP contribution >= 0.6 is 0 Å². The Morgan fingerprint density at radius 1 is 1.56 bits per heavy atom. The molecule has 1 atom stereocenters. The summed E-state index contributed by atoms with van der Waals surface area (Å²) in [6.07, 6.45) is 0.902. The molecule has 0 unspecified atom stereocenters. The second-order valence-electron chi connectivity index (χ2n) is 4.15. The molecule has 16 heavy (non-hydrogen) atoms. The van der Waals surface area contributed by atoms with E-state index in [1.165, 1.54) is 6.07 Å². The van der Waals surface area contributed by atoms with Crippen LogP contribution in [-0.2, 0) is 0 Å². The van der Waals surface area contributed by atoms with Gasteiger partial charge in [-0.1, -0.05) is 11.6 Å². The Kier molecular flexibility index (Phi) is 3.19. The van der Waals surface area contributed by atoms with Gasteiger partial charge in [0.2, 0.25) is 0 Å². The monoisotopic (exact) mass is 222 g/mol. The van der Waals surface area contributed by atoms with E-state index in [0.717, 1.165) is 25.1 Å². The number of rotatable bonds is 2. The summed E-state index contributed by atoms with van der Waals surface area (Å²) in [5, 5.41) is 5.97. The van der Waals surface area contributed by atoms with E-state index in [9.17, 15) is 9.18 Å². The van der Waals surface area contributed by atoms with E-state index in [2.05, 4.69) is 10.6 Å². The van der Waals surface area contributed by atoms with E-state index >= 15 is 0 Å². The van der Waals surface area contributed by atoms with Gasteiger partial charge in [-0.15, -0.1) is 0 Å². The highest BCUT2D eigenvalue weighted by atomic mass is 19.1. The Balaban J connectivity index is 2.10. The fraction of sp³-hybridized carbons (Fsp3) is 0.417. The molecule has 1 fully saturated rings. The second kappa shape index (κ2) is 4.61. The molecule has 0 radical (unpaired) electrons. The van der Waals surface area contributed by atoms with Crippen molar-refractivity contribution in [3.05, 3.63) is 35.1 Å². The third-order valence-corrected chi connectivity index (χ3v) is 2.76. The van der Waals surface area contributed by atoms with Crippen molar-refractivity contribution in [3.63, 3.8) is 0 Å². The van der Waals surface area contributed by atoms with Crippen molar-refractivity contribution >= 4 is 5.91 Å². The fourth-order valence-electron chi connectivity index (χ4n) is 1.85. The van der Waals surface area contributed by atoms with Crippen molar-refractivity contribution in [3.8, 4) is 0 Å². The number of carbonyl (C=O) groups is 1. The average molecular weight is 222 g/mol. The number of nitrogens with one attached hydrogen (secondary N) is 2. The lowest BCUT2D eigenvalue weighted by Gasteiger charge is -2.12. The topological polar surface area (TPSA) is 41.1 Å². The normalized spacial score (nSPS) is 19.8. The average Bonchev–Trinajstić information content (AvgIpc) is 2.74. The van der Waals surface area contributed by atoms with Crippen molar-refractivity contribution in [2.75, 3.05) is 13.1 Å². The Hall–Kier alpha value is -1.42. The van der Waals surface area contributed by atoms with Gasteiger partial charge in [-0.05, 0) is 32.0 Å². The van der Waals surface area contributed by atoms with Gasteiger partial charge in [-0.2, -0.15) is 0 Å². The van der Waals surface area contributed by atoms with Crippen LogP contribution in [0, 0.1) is 12.7 Å². The molecule has 0 spiro atoms. The maximum absolute atomic E-state index is 13.4. The maximum atomic E-state index is 13.4. The standard InChI is InChI=1S/C12H15FN2O/c1-8-2-3-11(13)10(6-8)12(16)15-9-4-5-14-7-9/h2-3,6,9,14H,4-5,7H2,1H3,(H,15,16)/t9-/m1/s1. The fourth-order valence-corrected chi connectivity index (χ4v) is 1.85. The summed E-state index contributed by atoms with van der Waals surface area (Å²) >= 11 is 0. The molecule has 2 rings (SSSR count). The molecule has 1 saturated heterocycles. The smallest absolute Gasteiger partial charge is 0.254 e. The van der Waals surface area contributed by atoms with Crippen molar-refractivity contribution in [1.82, 2.24) is 10.6 Å². The van der Waals surface area contributed by atoms with Crippen LogP contribution < -0.4 is 10.6 Å². The van der Waals surface area contributed by atoms with Crippen LogP contribution in [0.1, 0.15) is 22.3 Å². The van der Waals surface area contributed by atoms with Crippen LogP contribution in [0.4, 0.5) is 4.39 Å². The number of halogens is 1. The van der Waals surface area contributed by atoms with Gasteiger partial charge in [0.1, 0.15) is 5.82 Å². The van der Waals surface area contributed by atoms with E-state index in [-0.39, 0.29) is 17.5 Å². The first-order valence-corrected chi connectivity index (χ1v) is 5.44. The van der Waals surface area contributed by atoms with Gasteiger partial charge in [0.05, 0.1) is 5.56 Å². The van der Waals surface area contributed by atoms with Crippen molar-refractivity contribution in [1.29, 1.82) is 0 Å². The number of benzene rings is 1. The minimum absolute atomic E-state index is 0.118. The Bertz CT molecular complexity index is 400. The molecule has 86 valence electrons. The molecule has 1 heterocycles. The Morgan fingerprint density at radius 3 is 3.06 bits per heavy atom. The van der Waals surface area contributed by atoms with Gasteiger partial charge in [0.25, 0.3) is 5.91 Å². The summed E-state index contributed by atoms with van der Waals surface area (Å²) in [5.41, 5.74) is 1.02. The summed E-state index contributed by atoms with van der Waals surface area (Å²) in [6, 6.07) is 4.68. The van der Waals surface area contributed by atoms with Gasteiger partial charge in [0, 0.05) is 12.6 Å². The third kappa shape index (κ3) is 2.39. The first-order valence-electron chi connectivity index (χ1n) is 5.44. The van der Waals surface area contributed by atoms with Crippen LogP contribution in [0.2, 0.25) is 0 Å². The van der Waals surface area contributed by atoms with Gasteiger partial charge in [0.15, 0.2) is 0 Å². The van der Waals surface area contributed by atoms with Gasteiger partial charge in [-0.25, -0.2) is 4.39 Å². The van der Waals surface area contributed by atoms with Crippen LogP contribution in [0.15, 0.2) is 18.2 Å². The molecule has 1 aromatic rings. The molecule has 4 heteroatoms. The zero-order valence-corrected chi connectivity index (χ0v) is 9.22. The van der Waals surface area contributed by atoms with Gasteiger partial charge in [-0.3, -0.25) is 4.79 Å². The lowest BCUT2D eigenvalue weighted by molar-refractivity contribution is 0.0936. The summed E-state index contributed by atoms with van der Waals surface area (Å²) < 4.78 is 13.4. The number of hydrogen-bond acceptors (Lipinski definition) is 2. The largest absolute Gasteiger partial charge is 0.348 e. The van der Waals surface area contributed by atoms with Crippen LogP contribution in [0.3, 0.4) is 0 Å². The van der Waals surface area contributed by atoms with E-state index in [1.807, 2.05) is 6.92 Å². The highest BCUT2D eigenvalue weighted by Gasteiger charge is 2.19. The van der Waals surface area contributed by atoms with Crippen LogP contribution in [0.5, 0.6) is 0 Å². The molecule has 1 aliphatic heterocycles. The van der Waals surface area contributed by atoms with Crippen LogP contribution in [-0.4, -0.2) is 25.0 Å². The molecule has 0 bridgehead atoms. The van der Waals surface area contributed by atoms with Crippen molar-refractivity contribution in [2.24, 2.45) is 0 Å². The maximum Gasteiger partial charge on any atom is 0.254 e. The van der Waals surface area contributed by atoms with Gasteiger partial charge < -0.3 is 10.6 Å². The third-order valence-electron chi connectivity index (χ3n) is 2.76. The summed E-state index contributed by atoms with van der Waals surface area (Å²) in [7, 11) is 0. The molecule has 0 saturated carbocycles. The predicted molar refractivity (Wildman–Crippen MR) is 59.9 cm³/mol. The highest BCUT2D eigenvalue weighted by Crippen LogP contribution is 2.10. The molecular weight excluding hydrogens is 207 g/mol. The summed E-state index contributed by atoms with van der Waals surface area (Å²) in [6.45, 7) is 3.51. The van der Waals surface area contributed by atoms with Crippen LogP contribution in [0.25, 0.3) is 0 Å². The predicted octanol–water partition coefficient (Wildman–Crippen LogP) is 1.23. The SMILES string of the molecule is Cc1ccc(F)c(C(=O)N[C@@H]2CCNC2)c1. The lowest BCUT2D eigenvalue weighted by Crippen LogP contribution is -2.36. The zero-order valence-electron chi connectivity index (χ0n) is 9.22. The molecule has 1 aliphatic rings. The van der Waals surface area contributed by atoms with E-state index in [0.29, 0.717) is 0 Å². The molecule has 0 aliphatic carbocycles. The molecule has 2 N–H and O–H groups in total. The van der Waals surface area contributed by atoms with E-state index in [1.54, 1.807) is 12.1 Å². The summed E-state index contributed by atoms with van der Waals surface area (Å²) in [4.78, 5) is 11.8. The Morgan fingerprint density at radius 2 is 2.38 bits per heavy atom. The zero-order chi connectivity index (χ0) is 11.5. The lowest BCUT2D eigenvalue weighted by atomic mass is 10.1. The molecular formula is C12H15FN2O. The number of amides is 1. The quantitative estimate of drug-likeness (QED) is 0.790. The first kappa shape index (κ1) is 11.1. The first-order chi connectivity index (χ1) is 7.66. The molecule has 1 aromatic carbocycles. The summed E-state index contributed by atoms with van der Waals surface area (Å²) in [5.74, 6) is -0.788. The number of hydrogen-bond donors (Lipinski definition) is 2. The molecule has 1 amide bonds. The number of aryl methyl sites for hydroxylation is 1. The van der Waals surface area contributed by atoms with E-state index in [4.69, 9.17) is 0 Å². The van der Waals surface area contributed by atoms with Crippen molar-refractivity contribution < 1.29 is 9.18 Å².